The molecule has 39 heavy (non-hydrogen) atoms. The standard InChI is InChI=1S/C28H42N2O9/c1-16(2)23-20(27(30-29-23)39-28-26(35)25(34)24(33)21(15-31)38-28)14-18-10-11-19(13-17(18)3)37-12-8-6-5-7-9-22(32)36-4/h10-11,13,16,21,24-26,28,31,33-35H,5-9,12,14-15H2,1-4H3,(H,29,30)/t21-,24-,25+,26-,28+/m1/s1. The molecule has 1 fully saturated rings. The van der Waals surface area contributed by atoms with E-state index in [9.17, 15) is 25.2 Å². The zero-order valence-electron chi connectivity index (χ0n) is 23.1. The highest BCUT2D eigenvalue weighted by Crippen LogP contribution is 2.32. The SMILES string of the molecule is COC(=O)CCCCCCOc1ccc(Cc2c(O[C@@H]3O[C@H](CO)[C@@H](O)[C@H](O)[C@H]3O)n[nH]c2C(C)C)c(C)c1. The van der Waals surface area contributed by atoms with Gasteiger partial charge in [-0.1, -0.05) is 32.8 Å². The van der Waals surface area contributed by atoms with Crippen molar-refractivity contribution in [2.75, 3.05) is 20.3 Å². The number of unbranched alkanes of at least 4 members (excludes halogenated alkanes) is 3. The molecule has 11 nitrogen and oxygen atoms in total. The van der Waals surface area contributed by atoms with E-state index in [1.54, 1.807) is 0 Å². The van der Waals surface area contributed by atoms with Crippen LogP contribution in [0.15, 0.2) is 18.2 Å². The van der Waals surface area contributed by atoms with Gasteiger partial charge in [-0.2, -0.15) is 0 Å². The number of benzene rings is 1. The van der Waals surface area contributed by atoms with Crippen molar-refractivity contribution in [2.45, 2.75) is 95.9 Å². The molecule has 5 N–H and O–H groups in total. The third-order valence-electron chi connectivity index (χ3n) is 6.97. The van der Waals surface area contributed by atoms with E-state index in [0.717, 1.165) is 53.8 Å². The van der Waals surface area contributed by atoms with Gasteiger partial charge in [0.1, 0.15) is 30.2 Å². The van der Waals surface area contributed by atoms with Crippen molar-refractivity contribution in [3.05, 3.63) is 40.6 Å². The monoisotopic (exact) mass is 550 g/mol. The van der Waals surface area contributed by atoms with Crippen LogP contribution in [0.25, 0.3) is 0 Å². The largest absolute Gasteiger partial charge is 0.494 e. The first kappa shape index (κ1) is 30.8. The number of methoxy groups -OCH3 is 1. The first-order valence-corrected chi connectivity index (χ1v) is 13.5. The van der Waals surface area contributed by atoms with Crippen molar-refractivity contribution >= 4 is 5.97 Å². The Morgan fingerprint density at radius 2 is 1.85 bits per heavy atom. The summed E-state index contributed by atoms with van der Waals surface area (Å²) in [6.45, 7) is 6.09. The van der Waals surface area contributed by atoms with Crippen LogP contribution in [0.3, 0.4) is 0 Å². The molecule has 3 rings (SSSR count). The molecule has 1 aromatic carbocycles. The molecule has 5 atom stereocenters. The van der Waals surface area contributed by atoms with Crippen molar-refractivity contribution < 1.29 is 44.2 Å². The van der Waals surface area contributed by atoms with E-state index in [-0.39, 0.29) is 17.8 Å². The topological polar surface area (TPSA) is 164 Å². The van der Waals surface area contributed by atoms with Crippen LogP contribution in [0.1, 0.15) is 74.3 Å². The molecule has 0 bridgehead atoms. The van der Waals surface area contributed by atoms with Gasteiger partial charge in [-0.05, 0) is 48.9 Å². The van der Waals surface area contributed by atoms with Crippen molar-refractivity contribution in [2.24, 2.45) is 0 Å². The summed E-state index contributed by atoms with van der Waals surface area (Å²) >= 11 is 0. The Labute approximate surface area is 229 Å². The van der Waals surface area contributed by atoms with Gasteiger partial charge in [0.15, 0.2) is 0 Å². The lowest BCUT2D eigenvalue weighted by Gasteiger charge is -2.39. The van der Waals surface area contributed by atoms with Crippen molar-refractivity contribution in [3.8, 4) is 11.6 Å². The van der Waals surface area contributed by atoms with Crippen LogP contribution in [-0.2, 0) is 20.7 Å². The fourth-order valence-electron chi connectivity index (χ4n) is 4.55. The Balaban J connectivity index is 1.63. The quantitative estimate of drug-likeness (QED) is 0.174. The van der Waals surface area contributed by atoms with Gasteiger partial charge in [0.25, 0.3) is 0 Å². The zero-order chi connectivity index (χ0) is 28.5. The number of H-pyrrole nitrogens is 1. The third kappa shape index (κ3) is 8.15. The molecule has 1 aromatic heterocycles. The number of ether oxygens (including phenoxy) is 4. The Kier molecular flexibility index (Phi) is 11.6. The summed E-state index contributed by atoms with van der Waals surface area (Å²) in [7, 11) is 1.40. The fourth-order valence-corrected chi connectivity index (χ4v) is 4.55. The number of carbonyl (C=O) groups excluding carboxylic acids is 1. The first-order valence-electron chi connectivity index (χ1n) is 13.5. The maximum absolute atomic E-state index is 11.2. The molecule has 0 saturated carbocycles. The fraction of sp³-hybridized carbons (Fsp3) is 0.643. The van der Waals surface area contributed by atoms with E-state index in [1.165, 1.54) is 7.11 Å². The van der Waals surface area contributed by atoms with Crippen LogP contribution in [0.4, 0.5) is 0 Å². The third-order valence-corrected chi connectivity index (χ3v) is 6.97. The lowest BCUT2D eigenvalue weighted by atomic mass is 9.96. The van der Waals surface area contributed by atoms with E-state index in [0.29, 0.717) is 19.4 Å². The lowest BCUT2D eigenvalue weighted by molar-refractivity contribution is -0.278. The second-order valence-electron chi connectivity index (χ2n) is 10.2. The number of aliphatic hydroxyl groups is 4. The maximum Gasteiger partial charge on any atom is 0.305 e. The van der Waals surface area contributed by atoms with E-state index in [2.05, 4.69) is 14.9 Å². The Morgan fingerprint density at radius 3 is 2.51 bits per heavy atom. The van der Waals surface area contributed by atoms with Crippen LogP contribution >= 0.6 is 0 Å². The number of aryl methyl sites for hydroxylation is 1. The van der Waals surface area contributed by atoms with Gasteiger partial charge in [-0.25, -0.2) is 0 Å². The molecule has 1 aliphatic heterocycles. The van der Waals surface area contributed by atoms with E-state index in [1.807, 2.05) is 39.0 Å². The van der Waals surface area contributed by atoms with E-state index < -0.39 is 37.3 Å². The summed E-state index contributed by atoms with van der Waals surface area (Å²) in [6, 6.07) is 5.91. The zero-order valence-corrected chi connectivity index (χ0v) is 23.1. The number of rotatable bonds is 14. The van der Waals surface area contributed by atoms with Gasteiger partial charge >= 0.3 is 5.97 Å². The second kappa shape index (κ2) is 14.6. The highest BCUT2D eigenvalue weighted by Gasteiger charge is 2.45. The van der Waals surface area contributed by atoms with Crippen LogP contribution in [0.2, 0.25) is 0 Å². The van der Waals surface area contributed by atoms with Crippen LogP contribution < -0.4 is 9.47 Å². The number of nitrogens with zero attached hydrogens (tertiary/aromatic N) is 1. The van der Waals surface area contributed by atoms with E-state index >= 15 is 0 Å². The number of aliphatic hydroxyl groups excluding tert-OH is 4. The van der Waals surface area contributed by atoms with Crippen LogP contribution in [0, 0.1) is 6.92 Å². The number of hydrogen-bond acceptors (Lipinski definition) is 10. The summed E-state index contributed by atoms with van der Waals surface area (Å²) < 4.78 is 22.0. The molecule has 0 spiro atoms. The number of carbonyl (C=O) groups is 1. The van der Waals surface area contributed by atoms with E-state index in [4.69, 9.17) is 14.2 Å². The first-order chi connectivity index (χ1) is 18.7. The summed E-state index contributed by atoms with van der Waals surface area (Å²) in [4.78, 5) is 11.2. The van der Waals surface area contributed by atoms with Gasteiger partial charge in [-0.15, -0.1) is 5.10 Å². The smallest absolute Gasteiger partial charge is 0.305 e. The van der Waals surface area contributed by atoms with Crippen molar-refractivity contribution in [3.63, 3.8) is 0 Å². The number of aromatic amines is 1. The molecule has 0 unspecified atom stereocenters. The molecular weight excluding hydrogens is 508 g/mol. The number of aromatic nitrogens is 2. The predicted octanol–water partition coefficient (Wildman–Crippen LogP) is 2.11. The molecule has 0 radical (unpaired) electrons. The highest BCUT2D eigenvalue weighted by molar-refractivity contribution is 5.68. The van der Waals surface area contributed by atoms with Crippen molar-refractivity contribution in [1.82, 2.24) is 10.2 Å². The van der Waals surface area contributed by atoms with Gasteiger partial charge < -0.3 is 39.4 Å². The summed E-state index contributed by atoms with van der Waals surface area (Å²) in [6.07, 6.45) is -2.35. The number of hydrogen-bond donors (Lipinski definition) is 5. The average Bonchev–Trinajstić information content (AvgIpc) is 3.31. The molecule has 1 saturated heterocycles. The van der Waals surface area contributed by atoms with Gasteiger partial charge in [0.05, 0.1) is 20.3 Å². The number of nitrogens with one attached hydrogen (secondary N) is 1. The van der Waals surface area contributed by atoms with Gasteiger partial charge in [-0.3, -0.25) is 9.89 Å². The number of esters is 1. The molecule has 0 amide bonds. The van der Waals surface area contributed by atoms with Crippen LogP contribution in [0.5, 0.6) is 11.6 Å². The molecule has 2 heterocycles. The minimum atomic E-state index is -1.54. The Hall–Kier alpha value is -2.70. The van der Waals surface area contributed by atoms with Crippen molar-refractivity contribution in [1.29, 1.82) is 0 Å². The Bertz CT molecular complexity index is 1060. The average molecular weight is 551 g/mol. The normalized spacial score (nSPS) is 23.2. The van der Waals surface area contributed by atoms with Gasteiger partial charge in [0.2, 0.25) is 12.2 Å². The summed E-state index contributed by atoms with van der Waals surface area (Å²) in [5.74, 6) is 0.926. The maximum atomic E-state index is 11.2. The summed E-state index contributed by atoms with van der Waals surface area (Å²) in [5.41, 5.74) is 3.71. The summed E-state index contributed by atoms with van der Waals surface area (Å²) in [5, 5.41) is 47.4. The van der Waals surface area contributed by atoms with Gasteiger partial charge in [0, 0.05) is 24.1 Å². The van der Waals surface area contributed by atoms with Crippen LogP contribution in [-0.4, -0.2) is 87.6 Å². The lowest BCUT2D eigenvalue weighted by Crippen LogP contribution is -2.60. The minimum absolute atomic E-state index is 0.107. The minimum Gasteiger partial charge on any atom is -0.494 e. The molecule has 2 aromatic rings. The molecular formula is C28H42N2O9. The highest BCUT2D eigenvalue weighted by atomic mass is 16.7. The molecule has 1 aliphatic rings. The second-order valence-corrected chi connectivity index (χ2v) is 10.2. The molecule has 218 valence electrons. The molecule has 0 aliphatic carbocycles. The molecule has 11 heteroatoms. The predicted molar refractivity (Wildman–Crippen MR) is 142 cm³/mol. The Morgan fingerprint density at radius 1 is 1.10 bits per heavy atom.